The molecule has 0 spiro atoms. The van der Waals surface area contributed by atoms with Gasteiger partial charge in [0, 0.05) is 12.3 Å². The molecule has 0 fully saturated rings. The summed E-state index contributed by atoms with van der Waals surface area (Å²) in [6.45, 7) is 0. The third kappa shape index (κ3) is 2.43. The van der Waals surface area contributed by atoms with E-state index in [4.69, 9.17) is 5.73 Å². The van der Waals surface area contributed by atoms with Crippen molar-refractivity contribution in [1.82, 2.24) is 4.98 Å². The molecule has 1 aromatic heterocycles. The Hall–Kier alpha value is -2.11. The van der Waals surface area contributed by atoms with Crippen molar-refractivity contribution in [3.05, 3.63) is 30.5 Å². The molecule has 15 heavy (non-hydrogen) atoms. The molecule has 0 saturated heterocycles. The number of rotatable bonds is 2. The van der Waals surface area contributed by atoms with E-state index in [9.17, 15) is 4.79 Å². The highest BCUT2D eigenvalue weighted by Gasteiger charge is 2.14. The molecule has 80 valence electrons. The molecule has 0 aliphatic carbocycles. The zero-order valence-electron chi connectivity index (χ0n) is 8.60. The number of nitrogens with zero attached hydrogens (tertiary/aromatic N) is 2. The minimum atomic E-state index is -0.430. The van der Waals surface area contributed by atoms with Crippen LogP contribution in [0.15, 0.2) is 29.8 Å². The van der Waals surface area contributed by atoms with Crippen LogP contribution in [0.3, 0.4) is 0 Å². The minimum absolute atomic E-state index is 0.351. The molecule has 0 bridgehead atoms. The maximum atomic E-state index is 11.1. The average Bonchev–Trinajstić information content (AvgIpc) is 2.73. The lowest BCUT2D eigenvalue weighted by Gasteiger charge is -1.91. The van der Waals surface area contributed by atoms with Crippen molar-refractivity contribution in [1.29, 1.82) is 0 Å². The Kier molecular flexibility index (Phi) is 3.61. The van der Waals surface area contributed by atoms with Crippen molar-refractivity contribution in [2.24, 2.45) is 10.7 Å². The van der Waals surface area contributed by atoms with Crippen LogP contribution >= 0.6 is 0 Å². The SMILES string of the molecule is CN=C(C=CN)[n+]1c[nH]c(C(=O)OC)c1. The Morgan fingerprint density at radius 3 is 3.00 bits per heavy atom. The number of nitrogens with one attached hydrogen (secondary N) is 1. The van der Waals surface area contributed by atoms with Crippen LogP contribution < -0.4 is 10.3 Å². The van der Waals surface area contributed by atoms with Crippen molar-refractivity contribution in [2.75, 3.05) is 14.2 Å². The van der Waals surface area contributed by atoms with Crippen LogP contribution in [-0.4, -0.2) is 30.9 Å². The fraction of sp³-hybridized carbons (Fsp3) is 0.222. The Labute approximate surface area is 87.1 Å². The summed E-state index contributed by atoms with van der Waals surface area (Å²) in [5.41, 5.74) is 5.61. The molecule has 6 nitrogen and oxygen atoms in total. The Morgan fingerprint density at radius 1 is 1.73 bits per heavy atom. The molecule has 0 aliphatic heterocycles. The molecule has 0 atom stereocenters. The Morgan fingerprint density at radius 2 is 2.47 bits per heavy atom. The number of hydrogen-bond donors (Lipinski definition) is 2. The van der Waals surface area contributed by atoms with Crippen LogP contribution in [0.5, 0.6) is 0 Å². The minimum Gasteiger partial charge on any atom is -0.463 e. The van der Waals surface area contributed by atoms with E-state index in [2.05, 4.69) is 14.7 Å². The van der Waals surface area contributed by atoms with E-state index in [1.807, 2.05) is 0 Å². The zero-order chi connectivity index (χ0) is 11.3. The first-order valence-electron chi connectivity index (χ1n) is 4.26. The number of esters is 1. The second-order valence-electron chi connectivity index (χ2n) is 2.66. The van der Waals surface area contributed by atoms with Gasteiger partial charge in [-0.3, -0.25) is 4.98 Å². The predicted octanol–water partition coefficient (Wildman–Crippen LogP) is -0.562. The molecule has 0 aromatic carbocycles. The molecule has 3 N–H and O–H groups in total. The summed E-state index contributed by atoms with van der Waals surface area (Å²) in [6, 6.07) is 0. The van der Waals surface area contributed by atoms with Gasteiger partial charge in [-0.25, -0.2) is 9.36 Å². The topological polar surface area (TPSA) is 84.4 Å². The number of ether oxygens (including phenoxy) is 1. The maximum Gasteiger partial charge on any atom is 0.373 e. The molecule has 0 unspecified atom stereocenters. The lowest BCUT2D eigenvalue weighted by atomic mass is 10.5. The molecular formula is C9H13N4O2+. The number of H-pyrrole nitrogens is 1. The van der Waals surface area contributed by atoms with Gasteiger partial charge in [0.1, 0.15) is 6.20 Å². The van der Waals surface area contributed by atoms with Crippen LogP contribution in [-0.2, 0) is 4.74 Å². The first kappa shape index (κ1) is 11.0. The first-order valence-corrected chi connectivity index (χ1v) is 4.26. The average molecular weight is 209 g/mol. The van der Waals surface area contributed by atoms with Gasteiger partial charge in [-0.2, -0.15) is 0 Å². The van der Waals surface area contributed by atoms with Crippen molar-refractivity contribution < 1.29 is 14.1 Å². The van der Waals surface area contributed by atoms with Crippen LogP contribution in [0.25, 0.3) is 0 Å². The maximum absolute atomic E-state index is 11.1. The molecule has 1 heterocycles. The second kappa shape index (κ2) is 4.94. The molecule has 0 radical (unpaired) electrons. The van der Waals surface area contributed by atoms with Gasteiger partial charge in [-0.15, -0.1) is 4.99 Å². The van der Waals surface area contributed by atoms with Gasteiger partial charge in [-0.1, -0.05) is 0 Å². The predicted molar refractivity (Wildman–Crippen MR) is 54.4 cm³/mol. The number of imidazole rings is 1. The molecule has 0 amide bonds. The molecular weight excluding hydrogens is 196 g/mol. The van der Waals surface area contributed by atoms with E-state index < -0.39 is 5.97 Å². The largest absolute Gasteiger partial charge is 0.463 e. The van der Waals surface area contributed by atoms with Gasteiger partial charge < -0.3 is 10.5 Å². The quantitative estimate of drug-likeness (QED) is 0.296. The van der Waals surface area contributed by atoms with Gasteiger partial charge >= 0.3 is 5.97 Å². The van der Waals surface area contributed by atoms with Crippen molar-refractivity contribution in [2.45, 2.75) is 0 Å². The van der Waals surface area contributed by atoms with Crippen molar-refractivity contribution >= 4 is 11.8 Å². The van der Waals surface area contributed by atoms with Gasteiger partial charge in [0.2, 0.25) is 5.69 Å². The number of nitrogens with two attached hydrogens (primary N) is 1. The van der Waals surface area contributed by atoms with Crippen molar-refractivity contribution in [3.8, 4) is 0 Å². The van der Waals surface area contributed by atoms with Crippen LogP contribution in [0.2, 0.25) is 0 Å². The van der Waals surface area contributed by atoms with Crippen LogP contribution in [0.4, 0.5) is 0 Å². The molecule has 0 aliphatic rings. The van der Waals surface area contributed by atoms with Gasteiger partial charge in [0.05, 0.1) is 14.2 Å². The monoisotopic (exact) mass is 209 g/mol. The number of carbonyl (C=O) groups is 1. The summed E-state index contributed by atoms with van der Waals surface area (Å²) < 4.78 is 6.19. The number of allylic oxidation sites excluding steroid dienone is 1. The number of aromatic amines is 1. The van der Waals surface area contributed by atoms with Crippen LogP contribution in [0, 0.1) is 0 Å². The van der Waals surface area contributed by atoms with Gasteiger partial charge in [0.15, 0.2) is 6.33 Å². The van der Waals surface area contributed by atoms with Gasteiger partial charge in [0.25, 0.3) is 5.84 Å². The number of carbonyl (C=O) groups excluding carboxylic acids is 1. The zero-order valence-corrected chi connectivity index (χ0v) is 8.60. The molecule has 1 rings (SSSR count). The molecule has 6 heteroatoms. The van der Waals surface area contributed by atoms with Crippen LogP contribution in [0.1, 0.15) is 10.5 Å². The Bertz CT molecular complexity index is 406. The fourth-order valence-corrected chi connectivity index (χ4v) is 1.07. The summed E-state index contributed by atoms with van der Waals surface area (Å²) in [5, 5.41) is 0. The Balaban J connectivity index is 2.97. The number of hydrogen-bond acceptors (Lipinski definition) is 4. The summed E-state index contributed by atoms with van der Waals surface area (Å²) >= 11 is 0. The standard InChI is InChI=1S/C9H12N4O2/c1-11-8(3-4-10)13-5-7(12-6-13)9(14)15-2/h3-6H,1-2H3,(H2,10,11)/p+1. The summed E-state index contributed by atoms with van der Waals surface area (Å²) in [4.78, 5) is 17.9. The number of aromatic nitrogens is 2. The summed E-state index contributed by atoms with van der Waals surface area (Å²) in [7, 11) is 2.95. The number of methoxy groups -OCH3 is 1. The summed E-state index contributed by atoms with van der Waals surface area (Å²) in [6.07, 6.45) is 6.16. The van der Waals surface area contributed by atoms with E-state index >= 15 is 0 Å². The lowest BCUT2D eigenvalue weighted by Crippen LogP contribution is -2.39. The third-order valence-electron chi connectivity index (χ3n) is 1.77. The van der Waals surface area contributed by atoms with E-state index in [-0.39, 0.29) is 0 Å². The van der Waals surface area contributed by atoms with E-state index in [0.717, 1.165) is 0 Å². The van der Waals surface area contributed by atoms with Gasteiger partial charge in [-0.05, 0) is 0 Å². The second-order valence-corrected chi connectivity index (χ2v) is 2.66. The normalized spacial score (nSPS) is 12.0. The third-order valence-corrected chi connectivity index (χ3v) is 1.77. The van der Waals surface area contributed by atoms with Crippen molar-refractivity contribution in [3.63, 3.8) is 0 Å². The fourth-order valence-electron chi connectivity index (χ4n) is 1.07. The highest BCUT2D eigenvalue weighted by atomic mass is 16.5. The van der Waals surface area contributed by atoms with E-state index in [1.165, 1.54) is 13.3 Å². The van der Waals surface area contributed by atoms with E-state index in [1.54, 1.807) is 30.2 Å². The highest BCUT2D eigenvalue weighted by molar-refractivity contribution is 5.88. The molecule has 1 aromatic rings. The smallest absolute Gasteiger partial charge is 0.373 e. The molecule has 0 saturated carbocycles. The summed E-state index contributed by atoms with van der Waals surface area (Å²) in [5.74, 6) is 0.185. The first-order chi connectivity index (χ1) is 7.22. The number of aliphatic imine (C=N–C) groups is 1. The highest BCUT2D eigenvalue weighted by Crippen LogP contribution is 1.92. The van der Waals surface area contributed by atoms with E-state index in [0.29, 0.717) is 11.5 Å². The lowest BCUT2D eigenvalue weighted by molar-refractivity contribution is -0.552.